The van der Waals surface area contributed by atoms with Crippen molar-refractivity contribution < 1.29 is 9.13 Å². The van der Waals surface area contributed by atoms with Crippen molar-refractivity contribution in [1.82, 2.24) is 5.32 Å². The van der Waals surface area contributed by atoms with Crippen LogP contribution in [-0.2, 0) is 5.67 Å². The van der Waals surface area contributed by atoms with E-state index in [-0.39, 0.29) is 0 Å². The fourth-order valence-corrected chi connectivity index (χ4v) is 2.18. The fraction of sp³-hybridized carbons (Fsp3) is 0.571. The molecule has 0 bridgehead atoms. The molecule has 1 fully saturated rings. The van der Waals surface area contributed by atoms with E-state index >= 15 is 0 Å². The molecule has 0 saturated carbocycles. The molecule has 1 saturated heterocycles. The highest BCUT2D eigenvalue weighted by Gasteiger charge is 2.33. The molecule has 1 aromatic rings. The Hall–Kier alpha value is -1.09. The van der Waals surface area contributed by atoms with Gasteiger partial charge in [-0.05, 0) is 50.0 Å². The van der Waals surface area contributed by atoms with Crippen molar-refractivity contribution in [3.05, 3.63) is 29.8 Å². The van der Waals surface area contributed by atoms with Crippen molar-refractivity contribution in [3.8, 4) is 5.75 Å². The van der Waals surface area contributed by atoms with Gasteiger partial charge < -0.3 is 10.1 Å². The lowest BCUT2D eigenvalue weighted by molar-refractivity contribution is 0.115. The molecular weight excluding hydrogens is 217 g/mol. The lowest BCUT2D eigenvalue weighted by atomic mass is 9.87. The van der Waals surface area contributed by atoms with Crippen LogP contribution in [0.5, 0.6) is 5.75 Å². The van der Waals surface area contributed by atoms with Gasteiger partial charge in [-0.2, -0.15) is 0 Å². The van der Waals surface area contributed by atoms with Gasteiger partial charge in [0.25, 0.3) is 0 Å². The highest BCUT2D eigenvalue weighted by Crippen LogP contribution is 2.35. The molecule has 0 atom stereocenters. The second-order valence-corrected chi connectivity index (χ2v) is 4.59. The van der Waals surface area contributed by atoms with Gasteiger partial charge in [0.2, 0.25) is 0 Å². The Bertz CT molecular complexity index is 344. The van der Waals surface area contributed by atoms with E-state index in [1.54, 1.807) is 0 Å². The molecule has 1 heterocycles. The van der Waals surface area contributed by atoms with Crippen LogP contribution < -0.4 is 10.1 Å². The van der Waals surface area contributed by atoms with Crippen molar-refractivity contribution in [2.75, 3.05) is 19.7 Å². The Labute approximate surface area is 102 Å². The third-order valence-corrected chi connectivity index (χ3v) is 3.24. The van der Waals surface area contributed by atoms with Crippen molar-refractivity contribution in [3.63, 3.8) is 0 Å². The monoisotopic (exact) mass is 237 g/mol. The Morgan fingerprint density at radius 2 is 1.88 bits per heavy atom. The van der Waals surface area contributed by atoms with Crippen molar-refractivity contribution >= 4 is 0 Å². The number of benzene rings is 1. The second-order valence-electron chi connectivity index (χ2n) is 4.59. The largest absolute Gasteiger partial charge is 0.494 e. The first-order chi connectivity index (χ1) is 8.24. The average molecular weight is 237 g/mol. The number of alkyl halides is 1. The average Bonchev–Trinajstić information content (AvgIpc) is 2.38. The van der Waals surface area contributed by atoms with E-state index in [2.05, 4.69) is 12.2 Å². The molecule has 0 radical (unpaired) electrons. The summed E-state index contributed by atoms with van der Waals surface area (Å²) in [6.07, 6.45) is 2.10. The molecule has 94 valence electrons. The molecule has 2 rings (SSSR count). The van der Waals surface area contributed by atoms with Gasteiger partial charge in [-0.15, -0.1) is 0 Å². The van der Waals surface area contributed by atoms with Crippen LogP contribution >= 0.6 is 0 Å². The van der Waals surface area contributed by atoms with E-state index in [0.717, 1.165) is 30.8 Å². The third-order valence-electron chi connectivity index (χ3n) is 3.24. The van der Waals surface area contributed by atoms with Gasteiger partial charge in [-0.25, -0.2) is 4.39 Å². The molecule has 1 aliphatic rings. The Balaban J connectivity index is 2.06. The number of ether oxygens (including phenoxy) is 1. The smallest absolute Gasteiger partial charge is 0.138 e. The maximum absolute atomic E-state index is 14.6. The first kappa shape index (κ1) is 12.4. The molecule has 1 N–H and O–H groups in total. The summed E-state index contributed by atoms with van der Waals surface area (Å²) in [5.74, 6) is 0.827. The van der Waals surface area contributed by atoms with E-state index < -0.39 is 5.67 Å². The number of hydrogen-bond acceptors (Lipinski definition) is 2. The van der Waals surface area contributed by atoms with Gasteiger partial charge in [-0.3, -0.25) is 0 Å². The summed E-state index contributed by atoms with van der Waals surface area (Å²) < 4.78 is 20.1. The van der Waals surface area contributed by atoms with Crippen LogP contribution in [0.1, 0.15) is 31.7 Å². The summed E-state index contributed by atoms with van der Waals surface area (Å²) in [5, 5.41) is 3.18. The lowest BCUT2D eigenvalue weighted by Gasteiger charge is -2.30. The molecule has 0 unspecified atom stereocenters. The predicted octanol–water partition coefficient (Wildman–Crippen LogP) is 3.02. The normalized spacial score (nSPS) is 18.9. The summed E-state index contributed by atoms with van der Waals surface area (Å²) in [4.78, 5) is 0. The van der Waals surface area contributed by atoms with E-state index in [1.165, 1.54) is 0 Å². The first-order valence-corrected chi connectivity index (χ1v) is 6.37. The summed E-state index contributed by atoms with van der Waals surface area (Å²) >= 11 is 0. The predicted molar refractivity (Wildman–Crippen MR) is 67.1 cm³/mol. The highest BCUT2D eigenvalue weighted by atomic mass is 19.1. The standard InChI is InChI=1S/C14H20FNO/c1-2-11-17-13-5-3-12(4-6-13)14(15)7-9-16-10-8-14/h3-6,16H,2,7-11H2,1H3. The molecule has 0 aromatic heterocycles. The molecule has 3 heteroatoms. The fourth-order valence-electron chi connectivity index (χ4n) is 2.18. The second kappa shape index (κ2) is 5.50. The number of halogens is 1. The molecular formula is C14H20FNO. The molecule has 0 aliphatic carbocycles. The van der Waals surface area contributed by atoms with E-state index in [9.17, 15) is 4.39 Å². The van der Waals surface area contributed by atoms with Gasteiger partial charge in [0.05, 0.1) is 6.61 Å². The quantitative estimate of drug-likeness (QED) is 0.869. The van der Waals surface area contributed by atoms with Crippen LogP contribution in [-0.4, -0.2) is 19.7 Å². The summed E-state index contributed by atoms with van der Waals surface area (Å²) in [6, 6.07) is 7.45. The maximum atomic E-state index is 14.6. The third kappa shape index (κ3) is 2.97. The number of rotatable bonds is 4. The zero-order valence-corrected chi connectivity index (χ0v) is 10.3. The van der Waals surface area contributed by atoms with Gasteiger partial charge in [0.15, 0.2) is 0 Å². The number of piperidine rings is 1. The number of hydrogen-bond donors (Lipinski definition) is 1. The van der Waals surface area contributed by atoms with Gasteiger partial charge >= 0.3 is 0 Å². The van der Waals surface area contributed by atoms with Crippen LogP contribution in [0.3, 0.4) is 0 Å². The Kier molecular flexibility index (Phi) is 4.00. The Morgan fingerprint density at radius 3 is 2.47 bits per heavy atom. The lowest BCUT2D eigenvalue weighted by Crippen LogP contribution is -2.36. The minimum absolute atomic E-state index is 0.558. The van der Waals surface area contributed by atoms with Crippen LogP contribution in [0.2, 0.25) is 0 Å². The first-order valence-electron chi connectivity index (χ1n) is 6.37. The Morgan fingerprint density at radius 1 is 1.24 bits per heavy atom. The molecule has 2 nitrogen and oxygen atoms in total. The molecule has 0 spiro atoms. The van der Waals surface area contributed by atoms with E-state index in [4.69, 9.17) is 4.74 Å². The number of nitrogens with one attached hydrogen (secondary N) is 1. The topological polar surface area (TPSA) is 21.3 Å². The SMILES string of the molecule is CCCOc1ccc(C2(F)CCNCC2)cc1. The van der Waals surface area contributed by atoms with Crippen molar-refractivity contribution in [2.24, 2.45) is 0 Å². The van der Waals surface area contributed by atoms with Crippen molar-refractivity contribution in [1.29, 1.82) is 0 Å². The minimum Gasteiger partial charge on any atom is -0.494 e. The van der Waals surface area contributed by atoms with Crippen LogP contribution in [0, 0.1) is 0 Å². The van der Waals surface area contributed by atoms with Crippen LogP contribution in [0.15, 0.2) is 24.3 Å². The van der Waals surface area contributed by atoms with Crippen LogP contribution in [0.4, 0.5) is 4.39 Å². The van der Waals surface area contributed by atoms with Gasteiger partial charge in [-0.1, -0.05) is 19.1 Å². The van der Waals surface area contributed by atoms with Crippen molar-refractivity contribution in [2.45, 2.75) is 31.9 Å². The summed E-state index contributed by atoms with van der Waals surface area (Å²) in [7, 11) is 0. The van der Waals surface area contributed by atoms with Crippen LogP contribution in [0.25, 0.3) is 0 Å². The van der Waals surface area contributed by atoms with Gasteiger partial charge in [0, 0.05) is 0 Å². The zero-order valence-electron chi connectivity index (χ0n) is 10.3. The minimum atomic E-state index is -1.16. The highest BCUT2D eigenvalue weighted by molar-refractivity contribution is 5.31. The summed E-state index contributed by atoms with van der Waals surface area (Å²) in [6.45, 7) is 4.29. The van der Waals surface area contributed by atoms with Gasteiger partial charge in [0.1, 0.15) is 11.4 Å². The van der Waals surface area contributed by atoms with E-state index in [1.807, 2.05) is 24.3 Å². The maximum Gasteiger partial charge on any atom is 0.138 e. The molecule has 1 aliphatic heterocycles. The van der Waals surface area contributed by atoms with E-state index in [0.29, 0.717) is 19.4 Å². The molecule has 0 amide bonds. The molecule has 1 aromatic carbocycles. The molecule has 17 heavy (non-hydrogen) atoms. The zero-order chi connectivity index (χ0) is 12.1. The summed E-state index contributed by atoms with van der Waals surface area (Å²) in [5.41, 5.74) is -0.378.